The minimum absolute atomic E-state index is 0.0722. The van der Waals surface area contributed by atoms with Crippen LogP contribution in [0, 0.1) is 0 Å². The first-order valence-corrected chi connectivity index (χ1v) is 8.87. The first-order chi connectivity index (χ1) is 8.67. The second-order valence-electron chi connectivity index (χ2n) is 4.32. The molecule has 1 unspecified atom stereocenters. The lowest BCUT2D eigenvalue weighted by Crippen LogP contribution is -2.31. The lowest BCUT2D eigenvalue weighted by molar-refractivity contribution is 0.262. The zero-order valence-corrected chi connectivity index (χ0v) is 11.8. The maximum Gasteiger partial charge on any atom is 0.238 e. The lowest BCUT2D eigenvalue weighted by Gasteiger charge is -2.26. The first kappa shape index (κ1) is 14.3. The van der Waals surface area contributed by atoms with Gasteiger partial charge in [0.1, 0.15) is 5.75 Å². The topological polar surface area (TPSA) is 116 Å². The highest BCUT2D eigenvalue weighted by Crippen LogP contribution is 2.33. The molecule has 2 rings (SSSR count). The quantitative estimate of drug-likeness (QED) is 0.796. The number of ether oxygens (including phenoxy) is 1. The molecule has 1 aromatic rings. The summed E-state index contributed by atoms with van der Waals surface area (Å²) in [6, 6.07) is 3.63. The first-order valence-electron chi connectivity index (χ1n) is 5.44. The average Bonchev–Trinajstić information content (AvgIpc) is 2.25. The molecule has 1 aliphatic rings. The Labute approximate surface area is 111 Å². The van der Waals surface area contributed by atoms with E-state index >= 15 is 0 Å². The molecular weight excluding hydrogens is 292 g/mol. The van der Waals surface area contributed by atoms with E-state index in [9.17, 15) is 16.8 Å². The molecule has 7 nitrogen and oxygen atoms in total. The molecule has 0 saturated heterocycles. The van der Waals surface area contributed by atoms with E-state index in [1.807, 2.05) is 0 Å². The molecule has 0 aliphatic carbocycles. The largest absolute Gasteiger partial charge is 0.493 e. The van der Waals surface area contributed by atoms with Crippen molar-refractivity contribution in [2.45, 2.75) is 17.4 Å². The fourth-order valence-corrected chi connectivity index (χ4v) is 3.24. The van der Waals surface area contributed by atoms with Gasteiger partial charge in [-0.1, -0.05) is 0 Å². The van der Waals surface area contributed by atoms with Crippen LogP contribution in [0.5, 0.6) is 5.75 Å². The summed E-state index contributed by atoms with van der Waals surface area (Å²) in [5.74, 6) is 0.458. The Bertz CT molecular complexity index is 697. The van der Waals surface area contributed by atoms with Crippen LogP contribution in [0.2, 0.25) is 0 Å². The monoisotopic (exact) mass is 306 g/mol. The van der Waals surface area contributed by atoms with Crippen molar-refractivity contribution in [3.8, 4) is 5.75 Å². The van der Waals surface area contributed by atoms with Gasteiger partial charge in [-0.15, -0.1) is 0 Å². The Morgan fingerprint density at radius 2 is 2.00 bits per heavy atom. The molecular formula is C10H14N2O5S2. The van der Waals surface area contributed by atoms with E-state index in [4.69, 9.17) is 9.88 Å². The molecule has 0 spiro atoms. The number of benzene rings is 1. The van der Waals surface area contributed by atoms with Gasteiger partial charge in [0.15, 0.2) is 0 Å². The van der Waals surface area contributed by atoms with E-state index in [0.29, 0.717) is 24.3 Å². The van der Waals surface area contributed by atoms with Crippen molar-refractivity contribution in [1.82, 2.24) is 4.72 Å². The predicted molar refractivity (Wildman–Crippen MR) is 68.6 cm³/mol. The van der Waals surface area contributed by atoms with E-state index in [-0.39, 0.29) is 4.90 Å². The fourth-order valence-electron chi connectivity index (χ4n) is 1.93. The van der Waals surface area contributed by atoms with Crippen molar-refractivity contribution >= 4 is 20.0 Å². The van der Waals surface area contributed by atoms with Crippen LogP contribution in [-0.2, 0) is 20.0 Å². The SMILES string of the molecule is CS(=O)(=O)NC1CCOc2ccc(S(N)(=O)=O)cc21. The molecule has 1 heterocycles. The van der Waals surface area contributed by atoms with Crippen molar-refractivity contribution in [3.05, 3.63) is 23.8 Å². The molecule has 9 heteroatoms. The third kappa shape index (κ3) is 3.44. The maximum absolute atomic E-state index is 11.3. The molecule has 0 amide bonds. The Kier molecular flexibility index (Phi) is 3.56. The molecule has 0 radical (unpaired) electrons. The molecule has 1 atom stereocenters. The lowest BCUT2D eigenvalue weighted by atomic mass is 10.0. The Morgan fingerprint density at radius 3 is 2.58 bits per heavy atom. The van der Waals surface area contributed by atoms with Crippen molar-refractivity contribution in [3.63, 3.8) is 0 Å². The van der Waals surface area contributed by atoms with E-state index in [1.165, 1.54) is 18.2 Å². The summed E-state index contributed by atoms with van der Waals surface area (Å²) in [4.78, 5) is -0.0722. The highest BCUT2D eigenvalue weighted by molar-refractivity contribution is 7.89. The van der Waals surface area contributed by atoms with Gasteiger partial charge in [0, 0.05) is 12.0 Å². The molecule has 0 bridgehead atoms. The number of primary sulfonamides is 1. The predicted octanol–water partition coefficient (Wildman–Crippen LogP) is -0.293. The summed E-state index contributed by atoms with van der Waals surface area (Å²) >= 11 is 0. The number of rotatable bonds is 3. The third-order valence-electron chi connectivity index (χ3n) is 2.71. The molecule has 0 fully saturated rings. The number of nitrogens with one attached hydrogen (secondary N) is 1. The zero-order chi connectivity index (χ0) is 14.3. The highest BCUT2D eigenvalue weighted by Gasteiger charge is 2.25. The van der Waals surface area contributed by atoms with Gasteiger partial charge in [0.25, 0.3) is 0 Å². The average molecular weight is 306 g/mol. The molecule has 3 N–H and O–H groups in total. The van der Waals surface area contributed by atoms with Crippen LogP contribution in [0.25, 0.3) is 0 Å². The normalized spacial score (nSPS) is 19.6. The van der Waals surface area contributed by atoms with Gasteiger partial charge in [-0.05, 0) is 18.2 Å². The van der Waals surface area contributed by atoms with Crippen LogP contribution in [-0.4, -0.2) is 29.7 Å². The van der Waals surface area contributed by atoms with Gasteiger partial charge in [-0.3, -0.25) is 0 Å². The fraction of sp³-hybridized carbons (Fsp3) is 0.400. The minimum Gasteiger partial charge on any atom is -0.493 e. The number of hydrogen-bond donors (Lipinski definition) is 2. The molecule has 0 saturated carbocycles. The number of hydrogen-bond acceptors (Lipinski definition) is 5. The van der Waals surface area contributed by atoms with Gasteiger partial charge in [0.2, 0.25) is 20.0 Å². The van der Waals surface area contributed by atoms with Crippen LogP contribution in [0.15, 0.2) is 23.1 Å². The molecule has 19 heavy (non-hydrogen) atoms. The molecule has 0 aromatic heterocycles. The minimum atomic E-state index is -3.84. The van der Waals surface area contributed by atoms with E-state index < -0.39 is 26.1 Å². The highest BCUT2D eigenvalue weighted by atomic mass is 32.2. The van der Waals surface area contributed by atoms with Gasteiger partial charge in [0.05, 0.1) is 23.8 Å². The summed E-state index contributed by atoms with van der Waals surface area (Å²) in [5, 5.41) is 5.06. The van der Waals surface area contributed by atoms with Gasteiger partial charge in [-0.25, -0.2) is 26.7 Å². The van der Waals surface area contributed by atoms with Crippen LogP contribution < -0.4 is 14.6 Å². The second-order valence-corrected chi connectivity index (χ2v) is 7.67. The van der Waals surface area contributed by atoms with Crippen molar-refractivity contribution in [2.75, 3.05) is 12.9 Å². The Balaban J connectivity index is 2.47. The van der Waals surface area contributed by atoms with Gasteiger partial charge < -0.3 is 4.74 Å². The van der Waals surface area contributed by atoms with Crippen LogP contribution >= 0.6 is 0 Å². The van der Waals surface area contributed by atoms with E-state index in [2.05, 4.69) is 4.72 Å². The summed E-state index contributed by atoms with van der Waals surface area (Å²) in [6.45, 7) is 0.356. The van der Waals surface area contributed by atoms with Gasteiger partial charge >= 0.3 is 0 Å². The van der Waals surface area contributed by atoms with E-state index in [1.54, 1.807) is 0 Å². The zero-order valence-electron chi connectivity index (χ0n) is 10.2. The summed E-state index contributed by atoms with van der Waals surface area (Å²) in [7, 11) is -7.24. The second kappa shape index (κ2) is 4.75. The number of nitrogens with two attached hydrogens (primary N) is 1. The summed E-state index contributed by atoms with van der Waals surface area (Å²) in [5.41, 5.74) is 0.475. The Hall–Kier alpha value is -1.16. The van der Waals surface area contributed by atoms with E-state index in [0.717, 1.165) is 6.26 Å². The summed E-state index contributed by atoms with van der Waals surface area (Å²) in [6.07, 6.45) is 1.47. The molecule has 1 aromatic carbocycles. The smallest absolute Gasteiger partial charge is 0.238 e. The Morgan fingerprint density at radius 1 is 1.32 bits per heavy atom. The van der Waals surface area contributed by atoms with Crippen molar-refractivity contribution in [2.24, 2.45) is 5.14 Å². The molecule has 106 valence electrons. The van der Waals surface area contributed by atoms with Crippen LogP contribution in [0.3, 0.4) is 0 Å². The van der Waals surface area contributed by atoms with Gasteiger partial charge in [-0.2, -0.15) is 0 Å². The maximum atomic E-state index is 11.3. The van der Waals surface area contributed by atoms with Crippen LogP contribution in [0.4, 0.5) is 0 Å². The number of sulfonamides is 2. The summed E-state index contributed by atoms with van der Waals surface area (Å²) < 4.78 is 53.0. The van der Waals surface area contributed by atoms with Crippen LogP contribution in [0.1, 0.15) is 18.0 Å². The van der Waals surface area contributed by atoms with Crippen molar-refractivity contribution in [1.29, 1.82) is 0 Å². The van der Waals surface area contributed by atoms with Crippen molar-refractivity contribution < 1.29 is 21.6 Å². The standard InChI is InChI=1S/C10H14N2O5S2/c1-18(13,14)12-9-4-5-17-10-3-2-7(6-8(9)10)19(11,15)16/h2-3,6,9,12H,4-5H2,1H3,(H2,11,15,16). The number of fused-ring (bicyclic) bond motifs is 1. The third-order valence-corrected chi connectivity index (χ3v) is 4.33. The molecule has 1 aliphatic heterocycles.